The molecule has 0 saturated carbocycles. The highest BCUT2D eigenvalue weighted by atomic mass is 16.5. The van der Waals surface area contributed by atoms with Gasteiger partial charge in [0.05, 0.1) is 18.2 Å². The SMILES string of the molecule is Cc1cc(-c2[nH]nc3ncc(-c4ccc(N5CCC(COc6ccc(C7CCC(=O)NC7=O)cc6)CC5)cc4)cc23)ccc1C(C)C. The number of ether oxygens (including phenoxy) is 1. The molecular formula is C39H41N5O3. The molecule has 1 atom stereocenters. The highest BCUT2D eigenvalue weighted by Gasteiger charge is 2.28. The fourth-order valence-electron chi connectivity index (χ4n) is 7.00. The van der Waals surface area contributed by atoms with Crippen LogP contribution in [0.5, 0.6) is 5.75 Å². The number of fused-ring (bicyclic) bond motifs is 1. The zero-order valence-corrected chi connectivity index (χ0v) is 27.3. The molecule has 0 radical (unpaired) electrons. The summed E-state index contributed by atoms with van der Waals surface area (Å²) in [5, 5.41) is 11.2. The molecule has 2 saturated heterocycles. The van der Waals surface area contributed by atoms with Crippen molar-refractivity contribution in [2.45, 2.75) is 58.3 Å². The minimum absolute atomic E-state index is 0.191. The number of pyridine rings is 1. The van der Waals surface area contributed by atoms with Gasteiger partial charge in [-0.3, -0.25) is 20.0 Å². The van der Waals surface area contributed by atoms with Gasteiger partial charge in [0, 0.05) is 47.9 Å². The van der Waals surface area contributed by atoms with Gasteiger partial charge in [-0.2, -0.15) is 5.10 Å². The van der Waals surface area contributed by atoms with Crippen LogP contribution < -0.4 is 15.0 Å². The van der Waals surface area contributed by atoms with Gasteiger partial charge < -0.3 is 9.64 Å². The molecule has 0 aliphatic carbocycles. The normalized spacial score (nSPS) is 17.4. The standard InChI is InChI=1S/C39H41N5O3/c1-24(2)33-13-8-29(20-25(33)3)37-35-21-30(22-40-38(35)43-42-37)27-4-9-31(10-5-27)44-18-16-26(17-19-44)23-47-32-11-6-28(7-12-32)34-14-15-36(45)41-39(34)46/h4-13,20-22,24,26,34H,14-19,23H2,1-3H3,(H,40,42,43)(H,41,45,46). The summed E-state index contributed by atoms with van der Waals surface area (Å²) in [5.41, 5.74) is 9.86. The summed E-state index contributed by atoms with van der Waals surface area (Å²) in [6, 6.07) is 25.4. The van der Waals surface area contributed by atoms with Crippen LogP contribution in [0.4, 0.5) is 5.69 Å². The van der Waals surface area contributed by atoms with E-state index in [0.717, 1.165) is 70.7 Å². The quantitative estimate of drug-likeness (QED) is 0.173. The molecule has 7 rings (SSSR count). The number of benzene rings is 3. The third-order valence-electron chi connectivity index (χ3n) is 9.78. The third-order valence-corrected chi connectivity index (χ3v) is 9.78. The number of hydrogen-bond acceptors (Lipinski definition) is 6. The van der Waals surface area contributed by atoms with E-state index in [1.54, 1.807) is 0 Å². The van der Waals surface area contributed by atoms with Crippen molar-refractivity contribution in [1.82, 2.24) is 20.5 Å². The monoisotopic (exact) mass is 627 g/mol. The van der Waals surface area contributed by atoms with Gasteiger partial charge in [-0.1, -0.05) is 50.2 Å². The van der Waals surface area contributed by atoms with E-state index in [4.69, 9.17) is 4.74 Å². The van der Waals surface area contributed by atoms with E-state index in [9.17, 15) is 9.59 Å². The van der Waals surface area contributed by atoms with Crippen LogP contribution in [0.25, 0.3) is 33.4 Å². The number of nitrogens with zero attached hydrogens (tertiary/aromatic N) is 3. The molecule has 8 heteroatoms. The first-order valence-corrected chi connectivity index (χ1v) is 16.7. The van der Waals surface area contributed by atoms with Gasteiger partial charge in [0.15, 0.2) is 5.65 Å². The van der Waals surface area contributed by atoms with Crippen molar-refractivity contribution < 1.29 is 14.3 Å². The van der Waals surface area contributed by atoms with Crippen LogP contribution in [0.2, 0.25) is 0 Å². The first kappa shape index (κ1) is 30.7. The fourth-order valence-corrected chi connectivity index (χ4v) is 7.00. The van der Waals surface area contributed by atoms with Crippen molar-refractivity contribution in [3.63, 3.8) is 0 Å². The highest BCUT2D eigenvalue weighted by molar-refractivity contribution is 6.01. The lowest BCUT2D eigenvalue weighted by Gasteiger charge is -2.33. The maximum Gasteiger partial charge on any atom is 0.234 e. The van der Waals surface area contributed by atoms with Crippen LogP contribution in [0.15, 0.2) is 79.0 Å². The van der Waals surface area contributed by atoms with Crippen molar-refractivity contribution in [3.8, 4) is 28.1 Å². The Morgan fingerprint density at radius 2 is 1.64 bits per heavy atom. The zero-order chi connectivity index (χ0) is 32.5. The molecule has 4 heterocycles. The van der Waals surface area contributed by atoms with E-state index >= 15 is 0 Å². The summed E-state index contributed by atoms with van der Waals surface area (Å²) >= 11 is 0. The Bertz CT molecular complexity index is 1900. The van der Waals surface area contributed by atoms with Crippen molar-refractivity contribution in [2.24, 2.45) is 5.92 Å². The Balaban J connectivity index is 0.948. The summed E-state index contributed by atoms with van der Waals surface area (Å²) in [5.74, 6) is 1.12. The molecule has 2 fully saturated rings. The van der Waals surface area contributed by atoms with E-state index in [2.05, 4.69) is 94.7 Å². The molecule has 5 aromatic rings. The topological polar surface area (TPSA) is 100 Å². The average Bonchev–Trinajstić information content (AvgIpc) is 3.51. The molecule has 3 aromatic carbocycles. The zero-order valence-electron chi connectivity index (χ0n) is 27.3. The predicted octanol–water partition coefficient (Wildman–Crippen LogP) is 7.54. The van der Waals surface area contributed by atoms with E-state index < -0.39 is 0 Å². The number of piperidine rings is 2. The molecule has 2 aliphatic rings. The van der Waals surface area contributed by atoms with Gasteiger partial charge in [-0.05, 0) is 96.7 Å². The predicted molar refractivity (Wildman–Crippen MR) is 186 cm³/mol. The molecule has 0 bridgehead atoms. The van der Waals surface area contributed by atoms with Crippen LogP contribution in [-0.2, 0) is 9.59 Å². The Kier molecular flexibility index (Phi) is 8.50. The maximum atomic E-state index is 12.2. The van der Waals surface area contributed by atoms with Crippen molar-refractivity contribution >= 4 is 28.5 Å². The van der Waals surface area contributed by atoms with E-state index in [1.165, 1.54) is 16.8 Å². The van der Waals surface area contributed by atoms with Gasteiger partial charge in [0.25, 0.3) is 0 Å². The Morgan fingerprint density at radius 3 is 2.34 bits per heavy atom. The summed E-state index contributed by atoms with van der Waals surface area (Å²) in [6.45, 7) is 9.28. The molecule has 2 amide bonds. The first-order chi connectivity index (χ1) is 22.8. The summed E-state index contributed by atoms with van der Waals surface area (Å²) in [7, 11) is 0. The van der Waals surface area contributed by atoms with Crippen LogP contribution in [0, 0.1) is 12.8 Å². The molecule has 0 spiro atoms. The number of aromatic nitrogens is 3. The fraction of sp³-hybridized carbons (Fsp3) is 0.333. The number of aryl methyl sites for hydroxylation is 1. The van der Waals surface area contributed by atoms with Crippen LogP contribution in [0.1, 0.15) is 68.1 Å². The second-order valence-corrected chi connectivity index (χ2v) is 13.3. The Morgan fingerprint density at radius 1 is 0.894 bits per heavy atom. The molecule has 2 aromatic heterocycles. The highest BCUT2D eigenvalue weighted by Crippen LogP contribution is 2.33. The number of H-pyrrole nitrogens is 1. The Hall–Kier alpha value is -4.98. The summed E-state index contributed by atoms with van der Waals surface area (Å²) in [6.07, 6.45) is 4.98. The van der Waals surface area contributed by atoms with E-state index in [0.29, 0.717) is 31.3 Å². The molecular weight excluding hydrogens is 586 g/mol. The molecule has 1 unspecified atom stereocenters. The number of imide groups is 1. The van der Waals surface area contributed by atoms with Gasteiger partial charge in [0.1, 0.15) is 5.75 Å². The lowest BCUT2D eigenvalue weighted by molar-refractivity contribution is -0.134. The van der Waals surface area contributed by atoms with Crippen LogP contribution in [0.3, 0.4) is 0 Å². The molecule has 2 N–H and O–H groups in total. The number of anilines is 1. The summed E-state index contributed by atoms with van der Waals surface area (Å²) in [4.78, 5) is 30.8. The second-order valence-electron chi connectivity index (χ2n) is 13.3. The molecule has 2 aliphatic heterocycles. The van der Waals surface area contributed by atoms with Crippen LogP contribution in [-0.4, -0.2) is 46.7 Å². The number of hydrogen-bond donors (Lipinski definition) is 2. The van der Waals surface area contributed by atoms with E-state index in [1.807, 2.05) is 30.5 Å². The average molecular weight is 628 g/mol. The largest absolute Gasteiger partial charge is 0.493 e. The van der Waals surface area contributed by atoms with Gasteiger partial charge in [0.2, 0.25) is 11.8 Å². The molecule has 8 nitrogen and oxygen atoms in total. The smallest absolute Gasteiger partial charge is 0.234 e. The molecule has 240 valence electrons. The van der Waals surface area contributed by atoms with Crippen molar-refractivity contribution in [2.75, 3.05) is 24.6 Å². The minimum Gasteiger partial charge on any atom is -0.493 e. The van der Waals surface area contributed by atoms with Crippen LogP contribution >= 0.6 is 0 Å². The van der Waals surface area contributed by atoms with E-state index in [-0.39, 0.29) is 17.7 Å². The number of nitrogens with one attached hydrogen (secondary N) is 2. The van der Waals surface area contributed by atoms with Crippen molar-refractivity contribution in [3.05, 3.63) is 95.7 Å². The number of aromatic amines is 1. The minimum atomic E-state index is -0.271. The maximum absolute atomic E-state index is 12.2. The summed E-state index contributed by atoms with van der Waals surface area (Å²) < 4.78 is 6.13. The third kappa shape index (κ3) is 6.50. The number of carbonyl (C=O) groups is 2. The van der Waals surface area contributed by atoms with Gasteiger partial charge in [-0.15, -0.1) is 0 Å². The lowest BCUT2D eigenvalue weighted by atomic mass is 9.90. The molecule has 47 heavy (non-hydrogen) atoms. The Labute approximate surface area is 275 Å². The number of amides is 2. The number of carbonyl (C=O) groups excluding carboxylic acids is 2. The van der Waals surface area contributed by atoms with Gasteiger partial charge in [-0.25, -0.2) is 4.98 Å². The lowest BCUT2D eigenvalue weighted by Crippen LogP contribution is -2.39. The first-order valence-electron chi connectivity index (χ1n) is 16.7. The van der Waals surface area contributed by atoms with Gasteiger partial charge >= 0.3 is 0 Å². The van der Waals surface area contributed by atoms with Crippen molar-refractivity contribution in [1.29, 1.82) is 0 Å². The second kappa shape index (κ2) is 13.0. The number of rotatable bonds is 8.